The van der Waals surface area contributed by atoms with Crippen LogP contribution < -0.4 is 10.2 Å². The van der Waals surface area contributed by atoms with E-state index in [1.54, 1.807) is 12.4 Å². The molecule has 2 aromatic rings. The number of piperidine rings is 1. The smallest absolute Gasteiger partial charge is 0.0639 e. The van der Waals surface area contributed by atoms with Crippen LogP contribution in [0.3, 0.4) is 0 Å². The summed E-state index contributed by atoms with van der Waals surface area (Å²) in [5.41, 5.74) is 3.50. The van der Waals surface area contributed by atoms with Gasteiger partial charge in [0.2, 0.25) is 0 Å². The number of pyridine rings is 1. The summed E-state index contributed by atoms with van der Waals surface area (Å²) in [5, 5.41) is 4.10. The molecule has 2 heterocycles. The van der Waals surface area contributed by atoms with E-state index in [1.807, 2.05) is 6.07 Å². The van der Waals surface area contributed by atoms with Crippen molar-refractivity contribution >= 4 is 23.0 Å². The van der Waals surface area contributed by atoms with Gasteiger partial charge < -0.3 is 10.2 Å². The van der Waals surface area contributed by atoms with Crippen LogP contribution >= 0.6 is 11.6 Å². The molecule has 4 heteroatoms. The molecule has 110 valence electrons. The van der Waals surface area contributed by atoms with Crippen LogP contribution in [0, 0.1) is 0 Å². The molecule has 1 fully saturated rings. The number of hydrogen-bond acceptors (Lipinski definition) is 3. The Balaban J connectivity index is 1.60. The number of anilines is 2. The van der Waals surface area contributed by atoms with Gasteiger partial charge in [0.15, 0.2) is 0 Å². The molecule has 0 unspecified atom stereocenters. The largest absolute Gasteiger partial charge is 0.381 e. The van der Waals surface area contributed by atoms with Crippen molar-refractivity contribution in [2.24, 2.45) is 0 Å². The van der Waals surface area contributed by atoms with Gasteiger partial charge in [-0.1, -0.05) is 11.6 Å². The Kier molecular flexibility index (Phi) is 4.61. The molecule has 1 aromatic carbocycles. The first-order valence-corrected chi connectivity index (χ1v) is 7.88. The fraction of sp³-hybridized carbons (Fsp3) is 0.353. The Morgan fingerprint density at radius 3 is 2.52 bits per heavy atom. The summed E-state index contributed by atoms with van der Waals surface area (Å²) in [5.74, 6) is 0. The Morgan fingerprint density at radius 1 is 1.05 bits per heavy atom. The molecule has 0 atom stereocenters. The second kappa shape index (κ2) is 6.81. The zero-order chi connectivity index (χ0) is 14.5. The highest BCUT2D eigenvalue weighted by molar-refractivity contribution is 6.31. The van der Waals surface area contributed by atoms with Gasteiger partial charge in [0, 0.05) is 43.4 Å². The minimum atomic E-state index is 0.704. The van der Waals surface area contributed by atoms with Gasteiger partial charge in [-0.25, -0.2) is 0 Å². The van der Waals surface area contributed by atoms with Gasteiger partial charge in [0.05, 0.1) is 5.02 Å². The molecule has 1 aromatic heterocycles. The van der Waals surface area contributed by atoms with E-state index in [1.165, 1.54) is 38.0 Å². The van der Waals surface area contributed by atoms with Gasteiger partial charge in [0.25, 0.3) is 0 Å². The maximum atomic E-state index is 6.11. The lowest BCUT2D eigenvalue weighted by Gasteiger charge is -2.28. The number of nitrogens with zero attached hydrogens (tertiary/aromatic N) is 2. The Labute approximate surface area is 131 Å². The number of halogens is 1. The quantitative estimate of drug-likeness (QED) is 0.910. The van der Waals surface area contributed by atoms with Gasteiger partial charge in [-0.3, -0.25) is 4.98 Å². The van der Waals surface area contributed by atoms with E-state index >= 15 is 0 Å². The van der Waals surface area contributed by atoms with Crippen LogP contribution in [0.2, 0.25) is 5.02 Å². The van der Waals surface area contributed by atoms with Gasteiger partial charge in [-0.05, 0) is 55.2 Å². The van der Waals surface area contributed by atoms with Crippen molar-refractivity contribution in [1.82, 2.24) is 4.98 Å². The molecule has 0 aliphatic carbocycles. The van der Waals surface area contributed by atoms with E-state index in [2.05, 4.69) is 39.5 Å². The van der Waals surface area contributed by atoms with E-state index < -0.39 is 0 Å². The Hall–Kier alpha value is -1.74. The van der Waals surface area contributed by atoms with Crippen LogP contribution in [0.25, 0.3) is 0 Å². The molecule has 0 radical (unpaired) electrons. The lowest BCUT2D eigenvalue weighted by atomic mass is 10.1. The van der Waals surface area contributed by atoms with E-state index in [9.17, 15) is 0 Å². The van der Waals surface area contributed by atoms with Crippen LogP contribution in [0.15, 0.2) is 42.7 Å². The predicted octanol–water partition coefficient (Wildman–Crippen LogP) is 4.34. The van der Waals surface area contributed by atoms with Crippen LogP contribution in [0.5, 0.6) is 0 Å². The minimum absolute atomic E-state index is 0.704. The van der Waals surface area contributed by atoms with E-state index in [0.29, 0.717) is 11.6 Å². The third-order valence-electron chi connectivity index (χ3n) is 3.93. The van der Waals surface area contributed by atoms with Crippen molar-refractivity contribution in [2.45, 2.75) is 25.8 Å². The molecule has 0 saturated carbocycles. The zero-order valence-corrected chi connectivity index (χ0v) is 12.8. The van der Waals surface area contributed by atoms with Crippen LogP contribution in [-0.2, 0) is 6.54 Å². The molecule has 3 nitrogen and oxygen atoms in total. The van der Waals surface area contributed by atoms with Gasteiger partial charge >= 0.3 is 0 Å². The molecular weight excluding hydrogens is 282 g/mol. The highest BCUT2D eigenvalue weighted by atomic mass is 35.5. The molecule has 0 spiro atoms. The number of hydrogen-bond donors (Lipinski definition) is 1. The van der Waals surface area contributed by atoms with Crippen molar-refractivity contribution in [3.63, 3.8) is 0 Å². The van der Waals surface area contributed by atoms with Crippen molar-refractivity contribution in [3.05, 3.63) is 53.3 Å². The van der Waals surface area contributed by atoms with Crippen molar-refractivity contribution < 1.29 is 0 Å². The first kappa shape index (κ1) is 14.2. The molecule has 0 bridgehead atoms. The average Bonchev–Trinajstić information content (AvgIpc) is 2.55. The van der Waals surface area contributed by atoms with Crippen LogP contribution in [0.4, 0.5) is 11.4 Å². The fourth-order valence-corrected chi connectivity index (χ4v) is 2.87. The molecule has 1 aliphatic rings. The molecule has 1 aliphatic heterocycles. The van der Waals surface area contributed by atoms with Crippen molar-refractivity contribution in [3.8, 4) is 0 Å². The minimum Gasteiger partial charge on any atom is -0.381 e. The summed E-state index contributed by atoms with van der Waals surface area (Å²) >= 11 is 6.11. The third kappa shape index (κ3) is 3.67. The van der Waals surface area contributed by atoms with Gasteiger partial charge in [-0.15, -0.1) is 0 Å². The van der Waals surface area contributed by atoms with Crippen LogP contribution in [0.1, 0.15) is 24.8 Å². The van der Waals surface area contributed by atoms with Gasteiger partial charge in [0.1, 0.15) is 0 Å². The Morgan fingerprint density at radius 2 is 1.81 bits per heavy atom. The molecule has 0 amide bonds. The summed E-state index contributed by atoms with van der Waals surface area (Å²) in [6, 6.07) is 10.6. The summed E-state index contributed by atoms with van der Waals surface area (Å²) in [6.45, 7) is 3.07. The lowest BCUT2D eigenvalue weighted by molar-refractivity contribution is 0.578. The van der Waals surface area contributed by atoms with Crippen molar-refractivity contribution in [2.75, 3.05) is 23.3 Å². The number of benzene rings is 1. The first-order chi connectivity index (χ1) is 10.3. The second-order valence-corrected chi connectivity index (χ2v) is 5.82. The lowest BCUT2D eigenvalue weighted by Crippen LogP contribution is -2.29. The molecule has 21 heavy (non-hydrogen) atoms. The molecule has 1 N–H and O–H groups in total. The highest BCUT2D eigenvalue weighted by Gasteiger charge is 2.10. The first-order valence-electron chi connectivity index (χ1n) is 7.50. The SMILES string of the molecule is Clc1cnccc1CNc1ccc(N2CCCCC2)cc1. The third-order valence-corrected chi connectivity index (χ3v) is 4.27. The topological polar surface area (TPSA) is 28.2 Å². The molecule has 3 rings (SSSR count). The summed E-state index contributed by atoms with van der Waals surface area (Å²) in [4.78, 5) is 6.46. The average molecular weight is 302 g/mol. The number of nitrogens with one attached hydrogen (secondary N) is 1. The summed E-state index contributed by atoms with van der Waals surface area (Å²) < 4.78 is 0. The van der Waals surface area contributed by atoms with E-state index in [0.717, 1.165) is 11.3 Å². The number of rotatable bonds is 4. The number of aromatic nitrogens is 1. The second-order valence-electron chi connectivity index (χ2n) is 5.42. The van der Waals surface area contributed by atoms with E-state index in [-0.39, 0.29) is 0 Å². The van der Waals surface area contributed by atoms with E-state index in [4.69, 9.17) is 11.6 Å². The monoisotopic (exact) mass is 301 g/mol. The maximum Gasteiger partial charge on any atom is 0.0639 e. The fourth-order valence-electron chi connectivity index (χ4n) is 2.69. The Bertz CT molecular complexity index is 577. The maximum absolute atomic E-state index is 6.11. The summed E-state index contributed by atoms with van der Waals surface area (Å²) in [7, 11) is 0. The molecule has 1 saturated heterocycles. The highest BCUT2D eigenvalue weighted by Crippen LogP contribution is 2.22. The standard InChI is InChI=1S/C17H20ClN3/c18-17-13-19-9-8-14(17)12-20-15-4-6-16(7-5-15)21-10-2-1-3-11-21/h4-9,13,20H,1-3,10-12H2. The predicted molar refractivity (Wildman–Crippen MR) is 89.1 cm³/mol. The van der Waals surface area contributed by atoms with Crippen molar-refractivity contribution in [1.29, 1.82) is 0 Å². The van der Waals surface area contributed by atoms with Gasteiger partial charge in [-0.2, -0.15) is 0 Å². The van der Waals surface area contributed by atoms with Crippen LogP contribution in [-0.4, -0.2) is 18.1 Å². The normalized spacial score (nSPS) is 15.0. The molecular formula is C17H20ClN3. The summed E-state index contributed by atoms with van der Waals surface area (Å²) in [6.07, 6.45) is 7.42. The zero-order valence-electron chi connectivity index (χ0n) is 12.1.